The van der Waals surface area contributed by atoms with E-state index >= 15 is 0 Å². The second-order valence-corrected chi connectivity index (χ2v) is 5.59. The molecule has 1 aromatic carbocycles. The number of benzene rings is 1. The van der Waals surface area contributed by atoms with Gasteiger partial charge in [0, 0.05) is 6.04 Å². The van der Waals surface area contributed by atoms with E-state index in [1.54, 1.807) is 0 Å². The highest BCUT2D eigenvalue weighted by molar-refractivity contribution is 5.85. The Morgan fingerprint density at radius 2 is 1.74 bits per heavy atom. The lowest BCUT2D eigenvalue weighted by molar-refractivity contribution is 0.212. The fraction of sp³-hybridized carbons (Fsp3) is 0.625. The SMILES string of the molecule is Cc1cccc(C)c1OCC(N)C1CCCCC1.Cl. The van der Waals surface area contributed by atoms with Crippen LogP contribution in [-0.2, 0) is 0 Å². The Labute approximate surface area is 123 Å². The van der Waals surface area contributed by atoms with Crippen molar-refractivity contribution >= 4 is 12.4 Å². The van der Waals surface area contributed by atoms with Crippen LogP contribution in [0.1, 0.15) is 43.2 Å². The van der Waals surface area contributed by atoms with Crippen LogP contribution >= 0.6 is 12.4 Å². The zero-order chi connectivity index (χ0) is 13.0. The maximum atomic E-state index is 6.27. The Balaban J connectivity index is 0.00000180. The molecule has 2 rings (SSSR count). The van der Waals surface area contributed by atoms with E-state index in [2.05, 4.69) is 32.0 Å². The average molecular weight is 284 g/mol. The van der Waals surface area contributed by atoms with Gasteiger partial charge in [-0.15, -0.1) is 12.4 Å². The molecule has 19 heavy (non-hydrogen) atoms. The third-order valence-electron chi connectivity index (χ3n) is 4.08. The standard InChI is InChI=1S/C16H25NO.ClH/c1-12-7-6-8-13(2)16(12)18-11-15(17)14-9-4-3-5-10-14;/h6-8,14-15H,3-5,9-11,17H2,1-2H3;1H. The van der Waals surface area contributed by atoms with Gasteiger partial charge in [-0.25, -0.2) is 0 Å². The summed E-state index contributed by atoms with van der Waals surface area (Å²) in [5.41, 5.74) is 8.67. The van der Waals surface area contributed by atoms with Crippen LogP contribution in [0.3, 0.4) is 0 Å². The molecular formula is C16H26ClNO. The molecule has 3 heteroatoms. The van der Waals surface area contributed by atoms with Gasteiger partial charge in [0.25, 0.3) is 0 Å². The van der Waals surface area contributed by atoms with E-state index in [4.69, 9.17) is 10.5 Å². The molecule has 0 spiro atoms. The van der Waals surface area contributed by atoms with Crippen molar-refractivity contribution in [3.05, 3.63) is 29.3 Å². The molecule has 1 fully saturated rings. The number of ether oxygens (including phenoxy) is 1. The number of halogens is 1. The van der Waals surface area contributed by atoms with E-state index in [9.17, 15) is 0 Å². The first kappa shape index (κ1) is 16.3. The van der Waals surface area contributed by atoms with Gasteiger partial charge in [0.05, 0.1) is 0 Å². The smallest absolute Gasteiger partial charge is 0.125 e. The van der Waals surface area contributed by atoms with Gasteiger partial charge in [0.2, 0.25) is 0 Å². The molecule has 1 saturated carbocycles. The predicted octanol–water partition coefficient (Wildman–Crippen LogP) is 4.01. The van der Waals surface area contributed by atoms with Gasteiger partial charge in [-0.2, -0.15) is 0 Å². The minimum Gasteiger partial charge on any atom is -0.491 e. The van der Waals surface area contributed by atoms with E-state index in [1.807, 2.05) is 0 Å². The highest BCUT2D eigenvalue weighted by Gasteiger charge is 2.21. The Morgan fingerprint density at radius 1 is 1.16 bits per heavy atom. The van der Waals surface area contributed by atoms with Crippen molar-refractivity contribution in [3.8, 4) is 5.75 Å². The van der Waals surface area contributed by atoms with Crippen molar-refractivity contribution in [1.29, 1.82) is 0 Å². The molecular weight excluding hydrogens is 258 g/mol. The molecule has 0 heterocycles. The van der Waals surface area contributed by atoms with Crippen molar-refractivity contribution in [2.24, 2.45) is 11.7 Å². The van der Waals surface area contributed by atoms with Crippen LogP contribution in [0.4, 0.5) is 0 Å². The third kappa shape index (κ3) is 4.39. The highest BCUT2D eigenvalue weighted by Crippen LogP contribution is 2.27. The predicted molar refractivity (Wildman–Crippen MR) is 83.2 cm³/mol. The van der Waals surface area contributed by atoms with Gasteiger partial charge in [-0.1, -0.05) is 37.5 Å². The minimum atomic E-state index is 0. The normalized spacial score (nSPS) is 17.6. The van der Waals surface area contributed by atoms with Crippen LogP contribution < -0.4 is 10.5 Å². The van der Waals surface area contributed by atoms with Gasteiger partial charge in [-0.05, 0) is 43.7 Å². The summed E-state index contributed by atoms with van der Waals surface area (Å²) in [5, 5.41) is 0. The van der Waals surface area contributed by atoms with E-state index in [1.165, 1.54) is 43.2 Å². The Kier molecular flexibility index (Phi) is 6.67. The number of nitrogens with two attached hydrogens (primary N) is 1. The summed E-state index contributed by atoms with van der Waals surface area (Å²) in [5.74, 6) is 1.67. The zero-order valence-electron chi connectivity index (χ0n) is 12.0. The summed E-state index contributed by atoms with van der Waals surface area (Å²) < 4.78 is 5.96. The number of hydrogen-bond donors (Lipinski definition) is 1. The highest BCUT2D eigenvalue weighted by atomic mass is 35.5. The molecule has 0 amide bonds. The molecule has 0 aromatic heterocycles. The van der Waals surface area contributed by atoms with Crippen LogP contribution in [0, 0.1) is 19.8 Å². The summed E-state index contributed by atoms with van der Waals surface area (Å²) in [6.45, 7) is 4.83. The van der Waals surface area contributed by atoms with E-state index in [-0.39, 0.29) is 18.4 Å². The van der Waals surface area contributed by atoms with Crippen molar-refractivity contribution in [2.75, 3.05) is 6.61 Å². The second kappa shape index (κ2) is 7.76. The number of para-hydroxylation sites is 1. The summed E-state index contributed by atoms with van der Waals surface area (Å²) in [6, 6.07) is 6.44. The van der Waals surface area contributed by atoms with E-state index < -0.39 is 0 Å². The first-order chi connectivity index (χ1) is 8.68. The van der Waals surface area contributed by atoms with Crippen LogP contribution in [0.2, 0.25) is 0 Å². The zero-order valence-corrected chi connectivity index (χ0v) is 12.8. The fourth-order valence-corrected chi connectivity index (χ4v) is 2.90. The van der Waals surface area contributed by atoms with E-state index in [0.717, 1.165) is 5.75 Å². The van der Waals surface area contributed by atoms with Crippen molar-refractivity contribution in [2.45, 2.75) is 52.0 Å². The summed E-state index contributed by atoms with van der Waals surface area (Å²) in [7, 11) is 0. The molecule has 2 nitrogen and oxygen atoms in total. The number of aryl methyl sites for hydroxylation is 2. The van der Waals surface area contributed by atoms with Gasteiger partial charge < -0.3 is 10.5 Å². The Bertz CT molecular complexity index is 368. The van der Waals surface area contributed by atoms with Crippen LogP contribution in [-0.4, -0.2) is 12.6 Å². The quantitative estimate of drug-likeness (QED) is 0.906. The Morgan fingerprint density at radius 3 is 2.32 bits per heavy atom. The molecule has 0 bridgehead atoms. The number of hydrogen-bond acceptors (Lipinski definition) is 2. The maximum Gasteiger partial charge on any atom is 0.125 e. The van der Waals surface area contributed by atoms with Gasteiger partial charge in [-0.3, -0.25) is 0 Å². The van der Waals surface area contributed by atoms with Crippen molar-refractivity contribution < 1.29 is 4.74 Å². The third-order valence-corrected chi connectivity index (χ3v) is 4.08. The molecule has 1 unspecified atom stereocenters. The monoisotopic (exact) mass is 283 g/mol. The van der Waals surface area contributed by atoms with Crippen LogP contribution in [0.25, 0.3) is 0 Å². The molecule has 0 aliphatic heterocycles. The average Bonchev–Trinajstić information content (AvgIpc) is 2.39. The first-order valence-corrected chi connectivity index (χ1v) is 7.13. The lowest BCUT2D eigenvalue weighted by atomic mass is 9.84. The second-order valence-electron chi connectivity index (χ2n) is 5.59. The maximum absolute atomic E-state index is 6.27. The molecule has 1 aromatic rings. The van der Waals surface area contributed by atoms with Crippen molar-refractivity contribution in [3.63, 3.8) is 0 Å². The van der Waals surface area contributed by atoms with E-state index in [0.29, 0.717) is 12.5 Å². The summed E-state index contributed by atoms with van der Waals surface area (Å²) in [4.78, 5) is 0. The topological polar surface area (TPSA) is 35.2 Å². The van der Waals surface area contributed by atoms with Crippen molar-refractivity contribution in [1.82, 2.24) is 0 Å². The number of rotatable bonds is 4. The molecule has 1 atom stereocenters. The molecule has 1 aliphatic carbocycles. The first-order valence-electron chi connectivity index (χ1n) is 7.13. The largest absolute Gasteiger partial charge is 0.491 e. The summed E-state index contributed by atoms with van der Waals surface area (Å²) in [6.07, 6.45) is 6.60. The fourth-order valence-electron chi connectivity index (χ4n) is 2.90. The lowest BCUT2D eigenvalue weighted by Gasteiger charge is -2.27. The molecule has 108 valence electrons. The molecule has 2 N–H and O–H groups in total. The van der Waals surface area contributed by atoms with Gasteiger partial charge >= 0.3 is 0 Å². The Hall–Kier alpha value is -0.730. The summed E-state index contributed by atoms with van der Waals surface area (Å²) >= 11 is 0. The van der Waals surface area contributed by atoms with Crippen LogP contribution in [0.5, 0.6) is 5.75 Å². The van der Waals surface area contributed by atoms with Gasteiger partial charge in [0.15, 0.2) is 0 Å². The minimum absolute atomic E-state index is 0. The molecule has 0 radical (unpaired) electrons. The van der Waals surface area contributed by atoms with Gasteiger partial charge in [0.1, 0.15) is 12.4 Å². The lowest BCUT2D eigenvalue weighted by Crippen LogP contribution is -2.37. The molecule has 1 aliphatic rings. The molecule has 0 saturated heterocycles. The van der Waals surface area contributed by atoms with Crippen LogP contribution in [0.15, 0.2) is 18.2 Å².